The van der Waals surface area contributed by atoms with Gasteiger partial charge in [0.15, 0.2) is 5.13 Å². The zero-order valence-corrected chi connectivity index (χ0v) is 9.98. The number of aromatic nitrogens is 1. The zero-order chi connectivity index (χ0) is 13.0. The molecule has 0 aliphatic carbocycles. The van der Waals surface area contributed by atoms with Crippen molar-refractivity contribution in [1.82, 2.24) is 10.3 Å². The number of hydrogen-bond donors (Lipinski definition) is 1. The number of hydrogen-bond acceptors (Lipinski definition) is 6. The Morgan fingerprint density at radius 1 is 1.65 bits per heavy atom. The summed E-state index contributed by atoms with van der Waals surface area (Å²) in [5.74, 6) is -0.782. The SMILES string of the molecule is CNC(=O)CN(C(C)=O)c1ncc([N+](=O)[O-])s1. The van der Waals surface area contributed by atoms with Gasteiger partial charge in [0, 0.05) is 14.0 Å². The molecule has 0 fully saturated rings. The molecular weight excluding hydrogens is 248 g/mol. The van der Waals surface area contributed by atoms with Gasteiger partial charge in [0.1, 0.15) is 12.7 Å². The van der Waals surface area contributed by atoms with Crippen molar-refractivity contribution in [2.75, 3.05) is 18.5 Å². The van der Waals surface area contributed by atoms with Crippen LogP contribution >= 0.6 is 11.3 Å². The molecule has 0 aromatic carbocycles. The number of rotatable bonds is 4. The van der Waals surface area contributed by atoms with Gasteiger partial charge >= 0.3 is 5.00 Å². The van der Waals surface area contributed by atoms with Crippen LogP contribution in [0.15, 0.2) is 6.20 Å². The largest absolute Gasteiger partial charge is 0.358 e. The molecule has 0 unspecified atom stereocenters. The number of amides is 2. The van der Waals surface area contributed by atoms with Gasteiger partial charge in [-0.2, -0.15) is 0 Å². The lowest BCUT2D eigenvalue weighted by Crippen LogP contribution is -2.38. The first-order valence-corrected chi connectivity index (χ1v) is 5.36. The molecule has 0 bridgehead atoms. The Morgan fingerprint density at radius 2 is 2.29 bits per heavy atom. The summed E-state index contributed by atoms with van der Waals surface area (Å²) < 4.78 is 0. The molecule has 1 heterocycles. The second kappa shape index (κ2) is 5.34. The lowest BCUT2D eigenvalue weighted by molar-refractivity contribution is -0.380. The van der Waals surface area contributed by atoms with E-state index in [1.165, 1.54) is 14.0 Å². The number of nitrogens with one attached hydrogen (secondary N) is 1. The first-order valence-electron chi connectivity index (χ1n) is 4.54. The van der Waals surface area contributed by atoms with Crippen molar-refractivity contribution in [3.05, 3.63) is 16.3 Å². The van der Waals surface area contributed by atoms with Gasteiger partial charge in [-0.25, -0.2) is 4.98 Å². The van der Waals surface area contributed by atoms with Crippen LogP contribution in [0.3, 0.4) is 0 Å². The van der Waals surface area contributed by atoms with E-state index < -0.39 is 10.8 Å². The molecule has 1 aromatic rings. The molecular formula is C8H10N4O4S. The fraction of sp³-hybridized carbons (Fsp3) is 0.375. The van der Waals surface area contributed by atoms with E-state index in [2.05, 4.69) is 10.3 Å². The van der Waals surface area contributed by atoms with Crippen molar-refractivity contribution in [3.63, 3.8) is 0 Å². The van der Waals surface area contributed by atoms with Gasteiger partial charge < -0.3 is 5.32 Å². The van der Waals surface area contributed by atoms with Crippen molar-refractivity contribution in [1.29, 1.82) is 0 Å². The summed E-state index contributed by atoms with van der Waals surface area (Å²) >= 11 is 0.745. The third kappa shape index (κ3) is 3.21. The molecule has 0 atom stereocenters. The highest BCUT2D eigenvalue weighted by atomic mass is 32.1. The van der Waals surface area contributed by atoms with Crippen molar-refractivity contribution >= 4 is 33.3 Å². The molecule has 0 aliphatic heterocycles. The highest BCUT2D eigenvalue weighted by Gasteiger charge is 2.21. The van der Waals surface area contributed by atoms with E-state index >= 15 is 0 Å². The Morgan fingerprint density at radius 3 is 2.71 bits per heavy atom. The summed E-state index contributed by atoms with van der Waals surface area (Å²) in [5.41, 5.74) is 0. The van der Waals surface area contributed by atoms with Crippen molar-refractivity contribution < 1.29 is 14.5 Å². The van der Waals surface area contributed by atoms with Crippen LogP contribution in [-0.4, -0.2) is 35.3 Å². The molecule has 1 N–H and O–H groups in total. The van der Waals surface area contributed by atoms with Gasteiger partial charge in [-0.15, -0.1) is 0 Å². The number of thiazole rings is 1. The minimum atomic E-state index is -0.598. The number of carbonyl (C=O) groups is 2. The van der Waals surface area contributed by atoms with Crippen LogP contribution in [0.25, 0.3) is 0 Å². The first-order chi connectivity index (χ1) is 7.95. The van der Waals surface area contributed by atoms with E-state index in [-0.39, 0.29) is 22.6 Å². The van der Waals surface area contributed by atoms with E-state index in [4.69, 9.17) is 0 Å². The molecule has 0 radical (unpaired) electrons. The number of nitrogens with zero attached hydrogens (tertiary/aromatic N) is 3. The van der Waals surface area contributed by atoms with Gasteiger partial charge in [0.2, 0.25) is 11.8 Å². The molecule has 2 amide bonds. The van der Waals surface area contributed by atoms with Crippen LogP contribution in [0.1, 0.15) is 6.92 Å². The third-order valence-electron chi connectivity index (χ3n) is 1.85. The predicted molar refractivity (Wildman–Crippen MR) is 60.9 cm³/mol. The number of anilines is 1. The Balaban J connectivity index is 2.93. The predicted octanol–water partition coefficient (Wildman–Crippen LogP) is 0.150. The summed E-state index contributed by atoms with van der Waals surface area (Å²) in [5, 5.41) is 12.8. The smallest absolute Gasteiger partial charge is 0.345 e. The van der Waals surface area contributed by atoms with Gasteiger partial charge in [0.05, 0.1) is 4.92 Å². The highest BCUT2D eigenvalue weighted by Crippen LogP contribution is 2.28. The van der Waals surface area contributed by atoms with Crippen LogP contribution in [-0.2, 0) is 9.59 Å². The average molecular weight is 258 g/mol. The number of carbonyl (C=O) groups excluding carboxylic acids is 2. The zero-order valence-electron chi connectivity index (χ0n) is 9.17. The molecule has 1 rings (SSSR count). The van der Waals surface area contributed by atoms with Crippen LogP contribution in [0, 0.1) is 10.1 Å². The molecule has 17 heavy (non-hydrogen) atoms. The summed E-state index contributed by atoms with van der Waals surface area (Å²) in [6, 6.07) is 0. The van der Waals surface area contributed by atoms with E-state index in [1.807, 2.05) is 0 Å². The molecule has 9 heteroatoms. The van der Waals surface area contributed by atoms with Gasteiger partial charge in [-0.1, -0.05) is 0 Å². The molecule has 0 spiro atoms. The standard InChI is InChI=1S/C8H10N4O4S/c1-5(13)11(4-6(14)9-2)8-10-3-7(17-8)12(15)16/h3H,4H2,1-2H3,(H,9,14). The number of likely N-dealkylation sites (N-methyl/N-ethyl adjacent to an activating group) is 1. The lowest BCUT2D eigenvalue weighted by atomic mass is 10.5. The monoisotopic (exact) mass is 258 g/mol. The summed E-state index contributed by atoms with van der Waals surface area (Å²) in [6.45, 7) is 1.05. The highest BCUT2D eigenvalue weighted by molar-refractivity contribution is 7.18. The third-order valence-corrected chi connectivity index (χ3v) is 2.82. The maximum Gasteiger partial charge on any atom is 0.345 e. The van der Waals surface area contributed by atoms with Crippen LogP contribution < -0.4 is 10.2 Å². The maximum absolute atomic E-state index is 11.3. The van der Waals surface area contributed by atoms with Crippen molar-refractivity contribution in [2.45, 2.75) is 6.92 Å². The van der Waals surface area contributed by atoms with Gasteiger partial charge in [0.25, 0.3) is 0 Å². The van der Waals surface area contributed by atoms with E-state index in [9.17, 15) is 19.7 Å². The Bertz CT molecular complexity index is 458. The fourth-order valence-electron chi connectivity index (χ4n) is 1.00. The summed E-state index contributed by atoms with van der Waals surface area (Å²) in [6.07, 6.45) is 1.06. The van der Waals surface area contributed by atoms with E-state index in [0.29, 0.717) is 0 Å². The average Bonchev–Trinajstić information content (AvgIpc) is 2.74. The van der Waals surface area contributed by atoms with E-state index in [0.717, 1.165) is 22.4 Å². The first kappa shape index (κ1) is 13.0. The van der Waals surface area contributed by atoms with Crippen molar-refractivity contribution in [3.8, 4) is 0 Å². The Labute approximate surface area is 100 Å². The quantitative estimate of drug-likeness (QED) is 0.611. The van der Waals surface area contributed by atoms with Crippen LogP contribution in [0.4, 0.5) is 10.1 Å². The molecule has 0 saturated heterocycles. The molecule has 1 aromatic heterocycles. The van der Waals surface area contributed by atoms with Crippen LogP contribution in [0.2, 0.25) is 0 Å². The van der Waals surface area contributed by atoms with Crippen molar-refractivity contribution in [2.24, 2.45) is 0 Å². The Kier molecular flexibility index (Phi) is 4.10. The lowest BCUT2D eigenvalue weighted by Gasteiger charge is -2.15. The maximum atomic E-state index is 11.3. The van der Waals surface area contributed by atoms with Crippen LogP contribution in [0.5, 0.6) is 0 Å². The second-order valence-corrected chi connectivity index (χ2v) is 4.00. The number of nitro groups is 1. The topological polar surface area (TPSA) is 105 Å². The molecule has 0 saturated carbocycles. The normalized spacial score (nSPS) is 9.76. The van der Waals surface area contributed by atoms with E-state index in [1.54, 1.807) is 0 Å². The minimum absolute atomic E-state index is 0.132. The van der Waals surface area contributed by atoms with Gasteiger partial charge in [-0.05, 0) is 11.3 Å². The summed E-state index contributed by atoms with van der Waals surface area (Å²) in [7, 11) is 1.44. The molecule has 8 nitrogen and oxygen atoms in total. The fourth-order valence-corrected chi connectivity index (χ4v) is 1.78. The molecule has 0 aliphatic rings. The minimum Gasteiger partial charge on any atom is -0.358 e. The van der Waals surface area contributed by atoms with Gasteiger partial charge in [-0.3, -0.25) is 24.6 Å². The second-order valence-electron chi connectivity index (χ2n) is 3.02. The molecule has 92 valence electrons. The summed E-state index contributed by atoms with van der Waals surface area (Å²) in [4.78, 5) is 37.2. The Hall–Kier alpha value is -2.03.